The van der Waals surface area contributed by atoms with Crippen LogP contribution in [0.5, 0.6) is 0 Å². The van der Waals surface area contributed by atoms with Gasteiger partial charge in [0.1, 0.15) is 16.3 Å². The zero-order chi connectivity index (χ0) is 18.8. The van der Waals surface area contributed by atoms with E-state index in [4.69, 9.17) is 16.7 Å². The average molecular weight is 374 g/mol. The number of anilines is 1. The van der Waals surface area contributed by atoms with Crippen molar-refractivity contribution in [1.82, 2.24) is 19.6 Å². The maximum atomic E-state index is 12.4. The molecule has 3 aromatic rings. The molecule has 0 aliphatic heterocycles. The van der Waals surface area contributed by atoms with Crippen molar-refractivity contribution in [2.45, 2.75) is 13.5 Å². The van der Waals surface area contributed by atoms with E-state index in [0.29, 0.717) is 6.54 Å². The van der Waals surface area contributed by atoms with Gasteiger partial charge >= 0.3 is 5.97 Å². The highest BCUT2D eigenvalue weighted by Gasteiger charge is 2.23. The van der Waals surface area contributed by atoms with Crippen LogP contribution >= 0.6 is 11.6 Å². The van der Waals surface area contributed by atoms with Crippen LogP contribution in [0, 0.1) is 6.92 Å². The van der Waals surface area contributed by atoms with Gasteiger partial charge in [0.05, 0.1) is 12.7 Å². The number of nitrogens with one attached hydrogen (secondary N) is 1. The minimum absolute atomic E-state index is 0.0818. The Bertz CT molecular complexity index is 975. The van der Waals surface area contributed by atoms with Crippen LogP contribution in [0.15, 0.2) is 36.7 Å². The van der Waals surface area contributed by atoms with Crippen molar-refractivity contribution in [1.29, 1.82) is 0 Å². The normalized spacial score (nSPS) is 10.7. The first-order chi connectivity index (χ1) is 12.3. The SMILES string of the molecule is Cc1ccc(Cn2cc(Cl)c(NC(=O)c3c(C(=O)O)cnn3C)n2)cc1. The number of aromatic nitrogens is 4. The smallest absolute Gasteiger partial charge is 0.339 e. The van der Waals surface area contributed by atoms with Crippen molar-refractivity contribution >= 4 is 29.3 Å². The number of halogens is 1. The Morgan fingerprint density at radius 2 is 1.96 bits per heavy atom. The summed E-state index contributed by atoms with van der Waals surface area (Å²) >= 11 is 6.15. The molecule has 134 valence electrons. The summed E-state index contributed by atoms with van der Waals surface area (Å²) in [5, 5.41) is 20.0. The van der Waals surface area contributed by atoms with E-state index in [9.17, 15) is 9.59 Å². The van der Waals surface area contributed by atoms with Gasteiger partial charge in [0.25, 0.3) is 5.91 Å². The molecule has 1 aromatic carbocycles. The molecule has 0 unspecified atom stereocenters. The molecule has 0 bridgehead atoms. The molecular formula is C17H16ClN5O3. The number of carbonyl (C=O) groups excluding carboxylic acids is 1. The lowest BCUT2D eigenvalue weighted by Gasteiger charge is -2.05. The fourth-order valence-corrected chi connectivity index (χ4v) is 2.67. The van der Waals surface area contributed by atoms with Gasteiger partial charge < -0.3 is 10.4 Å². The topological polar surface area (TPSA) is 102 Å². The van der Waals surface area contributed by atoms with Crippen molar-refractivity contribution in [3.05, 3.63) is 64.1 Å². The van der Waals surface area contributed by atoms with Crippen molar-refractivity contribution < 1.29 is 14.7 Å². The van der Waals surface area contributed by atoms with Gasteiger partial charge in [0, 0.05) is 13.2 Å². The number of aromatic carboxylic acids is 1. The van der Waals surface area contributed by atoms with Crippen LogP contribution in [0.2, 0.25) is 5.02 Å². The fraction of sp³-hybridized carbons (Fsp3) is 0.176. The summed E-state index contributed by atoms with van der Waals surface area (Å²) in [4.78, 5) is 23.6. The largest absolute Gasteiger partial charge is 0.478 e. The molecule has 0 spiro atoms. The zero-order valence-electron chi connectivity index (χ0n) is 14.1. The van der Waals surface area contributed by atoms with E-state index in [2.05, 4.69) is 15.5 Å². The van der Waals surface area contributed by atoms with Gasteiger partial charge in [0.2, 0.25) is 0 Å². The minimum Gasteiger partial charge on any atom is -0.478 e. The second-order valence-corrected chi connectivity index (χ2v) is 6.21. The Kier molecular flexibility index (Phi) is 4.77. The van der Waals surface area contributed by atoms with Gasteiger partial charge in [-0.25, -0.2) is 4.79 Å². The standard InChI is InChI=1S/C17H16ClN5O3/c1-10-3-5-11(6-4-10)8-23-9-13(18)15(21-23)20-16(24)14-12(17(25)26)7-19-22(14)2/h3-7,9H,8H2,1-2H3,(H,25,26)(H,20,21,24). The number of carboxylic acid groups (broad SMARTS) is 1. The number of carbonyl (C=O) groups is 2. The first-order valence-electron chi connectivity index (χ1n) is 7.70. The number of hydrogen-bond donors (Lipinski definition) is 2. The van der Waals surface area contributed by atoms with Gasteiger partial charge in [0.15, 0.2) is 5.82 Å². The number of benzene rings is 1. The van der Waals surface area contributed by atoms with Gasteiger partial charge in [-0.1, -0.05) is 41.4 Å². The molecule has 9 heteroatoms. The van der Waals surface area contributed by atoms with E-state index < -0.39 is 11.9 Å². The zero-order valence-corrected chi connectivity index (χ0v) is 14.9. The third-order valence-corrected chi connectivity index (χ3v) is 4.07. The number of hydrogen-bond acceptors (Lipinski definition) is 4. The Labute approximate surface area is 154 Å². The summed E-state index contributed by atoms with van der Waals surface area (Å²) in [5.41, 5.74) is 1.92. The summed E-state index contributed by atoms with van der Waals surface area (Å²) in [5.74, 6) is -1.73. The Morgan fingerprint density at radius 3 is 2.62 bits per heavy atom. The number of rotatable bonds is 5. The molecule has 0 fully saturated rings. The van der Waals surface area contributed by atoms with E-state index in [1.165, 1.54) is 11.7 Å². The van der Waals surface area contributed by atoms with Gasteiger partial charge in [-0.2, -0.15) is 10.2 Å². The average Bonchev–Trinajstić information content (AvgIpc) is 3.13. The molecule has 2 N–H and O–H groups in total. The van der Waals surface area contributed by atoms with Crippen molar-refractivity contribution in [3.63, 3.8) is 0 Å². The molecule has 26 heavy (non-hydrogen) atoms. The maximum Gasteiger partial charge on any atom is 0.339 e. The van der Waals surface area contributed by atoms with Crippen LogP contribution in [0.1, 0.15) is 32.0 Å². The van der Waals surface area contributed by atoms with Crippen LogP contribution < -0.4 is 5.32 Å². The number of aryl methyl sites for hydroxylation is 2. The molecule has 0 radical (unpaired) electrons. The van der Waals surface area contributed by atoms with Gasteiger partial charge in [-0.15, -0.1) is 0 Å². The molecule has 0 saturated carbocycles. The Balaban J connectivity index is 1.79. The van der Waals surface area contributed by atoms with Crippen LogP contribution in [-0.4, -0.2) is 36.5 Å². The van der Waals surface area contributed by atoms with Crippen LogP contribution in [0.25, 0.3) is 0 Å². The van der Waals surface area contributed by atoms with Crippen LogP contribution in [0.4, 0.5) is 5.82 Å². The lowest BCUT2D eigenvalue weighted by molar-refractivity contribution is 0.0692. The van der Waals surface area contributed by atoms with Crippen LogP contribution in [-0.2, 0) is 13.6 Å². The molecule has 1 amide bonds. The highest BCUT2D eigenvalue weighted by molar-refractivity contribution is 6.33. The van der Waals surface area contributed by atoms with Gasteiger partial charge in [-0.05, 0) is 12.5 Å². The summed E-state index contributed by atoms with van der Waals surface area (Å²) in [6, 6.07) is 7.97. The molecule has 0 aliphatic carbocycles. The predicted molar refractivity (Wildman–Crippen MR) is 95.6 cm³/mol. The number of amides is 1. The summed E-state index contributed by atoms with van der Waals surface area (Å²) < 4.78 is 2.79. The van der Waals surface area contributed by atoms with Crippen LogP contribution in [0.3, 0.4) is 0 Å². The second-order valence-electron chi connectivity index (χ2n) is 5.80. The predicted octanol–water partition coefficient (Wildman–Crippen LogP) is 2.58. The highest BCUT2D eigenvalue weighted by atomic mass is 35.5. The quantitative estimate of drug-likeness (QED) is 0.715. The van der Waals surface area contributed by atoms with Gasteiger partial charge in [-0.3, -0.25) is 14.2 Å². The first kappa shape index (κ1) is 17.7. The minimum atomic E-state index is -1.24. The van der Waals surface area contributed by atoms with Crippen molar-refractivity contribution in [2.75, 3.05) is 5.32 Å². The van der Waals surface area contributed by atoms with E-state index in [1.807, 2.05) is 31.2 Å². The highest BCUT2D eigenvalue weighted by Crippen LogP contribution is 2.21. The number of carboxylic acids is 1. The molecule has 8 nitrogen and oxygen atoms in total. The van der Waals surface area contributed by atoms with E-state index >= 15 is 0 Å². The second kappa shape index (κ2) is 7.01. The third kappa shape index (κ3) is 3.60. The monoisotopic (exact) mass is 373 g/mol. The molecular weight excluding hydrogens is 358 g/mol. The van der Waals surface area contributed by atoms with E-state index in [0.717, 1.165) is 17.3 Å². The lowest BCUT2D eigenvalue weighted by atomic mass is 10.1. The Morgan fingerprint density at radius 1 is 1.27 bits per heavy atom. The lowest BCUT2D eigenvalue weighted by Crippen LogP contribution is -2.20. The molecule has 0 atom stereocenters. The molecule has 0 saturated heterocycles. The molecule has 2 heterocycles. The Hall–Kier alpha value is -3.13. The molecule has 3 rings (SSSR count). The van der Waals surface area contributed by atoms with E-state index in [1.54, 1.807) is 10.9 Å². The maximum absolute atomic E-state index is 12.4. The summed E-state index contributed by atoms with van der Waals surface area (Å²) in [6.45, 7) is 2.49. The first-order valence-corrected chi connectivity index (χ1v) is 8.08. The third-order valence-electron chi connectivity index (χ3n) is 3.80. The molecule has 0 aliphatic rings. The van der Waals surface area contributed by atoms with Crippen molar-refractivity contribution in [2.24, 2.45) is 7.05 Å². The number of nitrogens with zero attached hydrogens (tertiary/aromatic N) is 4. The summed E-state index contributed by atoms with van der Waals surface area (Å²) in [6.07, 6.45) is 2.72. The van der Waals surface area contributed by atoms with E-state index in [-0.39, 0.29) is 22.1 Å². The van der Waals surface area contributed by atoms with Crippen molar-refractivity contribution in [3.8, 4) is 0 Å². The fourth-order valence-electron chi connectivity index (χ4n) is 2.47. The molecule has 2 aromatic heterocycles. The summed E-state index contributed by atoms with van der Waals surface area (Å²) in [7, 11) is 1.49.